The van der Waals surface area contributed by atoms with Crippen molar-refractivity contribution >= 4 is 18.2 Å². The van der Waals surface area contributed by atoms with Gasteiger partial charge in [-0.25, -0.2) is 5.10 Å². The molecule has 6 heteroatoms. The molecule has 1 aliphatic rings. The number of nitrogens with zero attached hydrogens (tertiary/aromatic N) is 3. The zero-order valence-electron chi connectivity index (χ0n) is 9.43. The summed E-state index contributed by atoms with van der Waals surface area (Å²) in [5.41, 5.74) is 0. The van der Waals surface area contributed by atoms with E-state index in [1.54, 1.807) is 6.26 Å². The molecule has 1 fully saturated rings. The van der Waals surface area contributed by atoms with Crippen LogP contribution in [0.15, 0.2) is 22.8 Å². The van der Waals surface area contributed by atoms with Crippen LogP contribution in [0.5, 0.6) is 0 Å². The van der Waals surface area contributed by atoms with Gasteiger partial charge in [0.05, 0.1) is 12.8 Å². The van der Waals surface area contributed by atoms with E-state index in [1.165, 1.54) is 12.8 Å². The second kappa shape index (κ2) is 4.37. The minimum atomic E-state index is 0.633. The number of H-pyrrole nitrogens is 1. The number of hydrogen-bond acceptors (Lipinski definition) is 4. The lowest BCUT2D eigenvalue weighted by atomic mass is 10.4. The summed E-state index contributed by atoms with van der Waals surface area (Å²) in [4.78, 5) is 2.26. The van der Waals surface area contributed by atoms with Crippen LogP contribution < -0.4 is 4.90 Å². The lowest BCUT2D eigenvalue weighted by molar-refractivity contribution is 0.491. The van der Waals surface area contributed by atoms with Gasteiger partial charge in [0, 0.05) is 13.1 Å². The standard InChI is InChI=1S/C11H14N4OS/c17-11-13-12-10(14-5-1-2-6-14)15(11)8-9-4-3-7-16-9/h3-4,7H,1-2,5-6,8H2,(H,13,17). The highest BCUT2D eigenvalue weighted by molar-refractivity contribution is 7.71. The van der Waals surface area contributed by atoms with Crippen LogP contribution in [0.3, 0.4) is 0 Å². The van der Waals surface area contributed by atoms with Crippen molar-refractivity contribution in [1.29, 1.82) is 0 Å². The predicted molar refractivity (Wildman–Crippen MR) is 66.7 cm³/mol. The summed E-state index contributed by atoms with van der Waals surface area (Å²) in [5.74, 6) is 1.81. The average molecular weight is 250 g/mol. The highest BCUT2D eigenvalue weighted by atomic mass is 32.1. The van der Waals surface area contributed by atoms with E-state index in [9.17, 15) is 0 Å². The average Bonchev–Trinajstić information content (AvgIpc) is 3.03. The van der Waals surface area contributed by atoms with Gasteiger partial charge in [-0.05, 0) is 37.2 Å². The Bertz CT molecular complexity index is 536. The summed E-state index contributed by atoms with van der Waals surface area (Å²) in [6, 6.07) is 3.83. The van der Waals surface area contributed by atoms with Crippen molar-refractivity contribution in [3.63, 3.8) is 0 Å². The van der Waals surface area contributed by atoms with E-state index in [4.69, 9.17) is 16.6 Å². The van der Waals surface area contributed by atoms with Crippen LogP contribution in [0.25, 0.3) is 0 Å². The maximum absolute atomic E-state index is 5.35. The number of rotatable bonds is 3. The molecule has 1 aliphatic heterocycles. The fraction of sp³-hybridized carbons (Fsp3) is 0.455. The van der Waals surface area contributed by atoms with E-state index in [1.807, 2.05) is 16.7 Å². The molecule has 5 nitrogen and oxygen atoms in total. The van der Waals surface area contributed by atoms with E-state index in [2.05, 4.69) is 15.1 Å². The topological polar surface area (TPSA) is 50.0 Å². The van der Waals surface area contributed by atoms with E-state index in [0.29, 0.717) is 11.3 Å². The second-order valence-electron chi connectivity index (χ2n) is 4.19. The van der Waals surface area contributed by atoms with E-state index < -0.39 is 0 Å². The van der Waals surface area contributed by atoms with Crippen LogP contribution in [-0.4, -0.2) is 27.9 Å². The molecule has 0 amide bonds. The molecule has 2 aromatic heterocycles. The molecule has 90 valence electrons. The summed E-state index contributed by atoms with van der Waals surface area (Å²) in [6.07, 6.45) is 4.12. The maximum Gasteiger partial charge on any atom is 0.226 e. The SMILES string of the molecule is S=c1[nH]nc(N2CCCC2)n1Cc1ccco1. The molecule has 1 saturated heterocycles. The fourth-order valence-corrected chi connectivity index (χ4v) is 2.36. The number of anilines is 1. The Labute approximate surface area is 104 Å². The zero-order chi connectivity index (χ0) is 11.7. The van der Waals surface area contributed by atoms with Gasteiger partial charge in [-0.2, -0.15) is 0 Å². The van der Waals surface area contributed by atoms with Crippen molar-refractivity contribution in [1.82, 2.24) is 14.8 Å². The number of aromatic amines is 1. The van der Waals surface area contributed by atoms with Gasteiger partial charge in [-0.1, -0.05) is 0 Å². The summed E-state index contributed by atoms with van der Waals surface area (Å²) < 4.78 is 7.98. The molecule has 3 heterocycles. The number of aromatic nitrogens is 3. The number of furan rings is 1. The molecular formula is C11H14N4OS. The van der Waals surface area contributed by atoms with Gasteiger partial charge < -0.3 is 9.32 Å². The van der Waals surface area contributed by atoms with Crippen LogP contribution in [0.2, 0.25) is 0 Å². The molecule has 0 radical (unpaired) electrons. The van der Waals surface area contributed by atoms with Crippen LogP contribution in [0.1, 0.15) is 18.6 Å². The molecule has 0 atom stereocenters. The van der Waals surface area contributed by atoms with Crippen LogP contribution in [-0.2, 0) is 6.54 Å². The molecule has 0 spiro atoms. The third kappa shape index (κ3) is 2.00. The maximum atomic E-state index is 5.35. The Morgan fingerprint density at radius 1 is 1.41 bits per heavy atom. The first kappa shape index (κ1) is 10.6. The van der Waals surface area contributed by atoms with E-state index in [0.717, 1.165) is 24.8 Å². The van der Waals surface area contributed by atoms with Gasteiger partial charge in [0.25, 0.3) is 0 Å². The summed E-state index contributed by atoms with van der Waals surface area (Å²) in [5, 5.41) is 7.17. The van der Waals surface area contributed by atoms with Gasteiger partial charge in [-0.3, -0.25) is 4.57 Å². The molecule has 3 rings (SSSR count). The second-order valence-corrected chi connectivity index (χ2v) is 4.58. The number of hydrogen-bond donors (Lipinski definition) is 1. The highest BCUT2D eigenvalue weighted by Crippen LogP contribution is 2.19. The fourth-order valence-electron chi connectivity index (χ4n) is 2.17. The lowest BCUT2D eigenvalue weighted by Crippen LogP contribution is -2.22. The molecule has 0 aliphatic carbocycles. The predicted octanol–water partition coefficient (Wildman–Crippen LogP) is 2.18. The highest BCUT2D eigenvalue weighted by Gasteiger charge is 2.18. The van der Waals surface area contributed by atoms with Crippen molar-refractivity contribution in [3.05, 3.63) is 28.9 Å². The van der Waals surface area contributed by atoms with E-state index >= 15 is 0 Å². The monoisotopic (exact) mass is 250 g/mol. The van der Waals surface area contributed by atoms with Crippen molar-refractivity contribution in [2.75, 3.05) is 18.0 Å². The van der Waals surface area contributed by atoms with Gasteiger partial charge in [-0.15, -0.1) is 5.10 Å². The van der Waals surface area contributed by atoms with Gasteiger partial charge in [0.15, 0.2) is 4.77 Å². The lowest BCUT2D eigenvalue weighted by Gasteiger charge is -2.16. The van der Waals surface area contributed by atoms with Gasteiger partial charge in [0.2, 0.25) is 5.95 Å². The summed E-state index contributed by atoms with van der Waals surface area (Å²) >= 11 is 5.26. The summed E-state index contributed by atoms with van der Waals surface area (Å²) in [7, 11) is 0. The Kier molecular flexibility index (Phi) is 2.72. The smallest absolute Gasteiger partial charge is 0.226 e. The zero-order valence-corrected chi connectivity index (χ0v) is 10.2. The molecule has 17 heavy (non-hydrogen) atoms. The van der Waals surface area contributed by atoms with Crippen LogP contribution in [0, 0.1) is 4.77 Å². The van der Waals surface area contributed by atoms with Crippen molar-refractivity contribution in [3.8, 4) is 0 Å². The quantitative estimate of drug-likeness (QED) is 0.848. The van der Waals surface area contributed by atoms with Gasteiger partial charge in [0.1, 0.15) is 5.76 Å². The molecule has 0 saturated carbocycles. The van der Waals surface area contributed by atoms with Crippen LogP contribution in [0.4, 0.5) is 5.95 Å². The summed E-state index contributed by atoms with van der Waals surface area (Å²) in [6.45, 7) is 2.74. The molecule has 1 N–H and O–H groups in total. The van der Waals surface area contributed by atoms with Crippen molar-refractivity contribution in [2.45, 2.75) is 19.4 Å². The minimum absolute atomic E-state index is 0.633. The third-order valence-corrected chi connectivity index (χ3v) is 3.33. The Balaban J connectivity index is 1.92. The molecular weight excluding hydrogens is 236 g/mol. The molecule has 2 aromatic rings. The number of nitrogens with one attached hydrogen (secondary N) is 1. The Hall–Kier alpha value is -1.56. The molecule has 0 aromatic carbocycles. The Morgan fingerprint density at radius 2 is 2.24 bits per heavy atom. The third-order valence-electron chi connectivity index (χ3n) is 3.02. The van der Waals surface area contributed by atoms with E-state index in [-0.39, 0.29) is 0 Å². The first-order valence-electron chi connectivity index (χ1n) is 5.77. The first-order valence-corrected chi connectivity index (χ1v) is 6.18. The first-order chi connectivity index (χ1) is 8.34. The van der Waals surface area contributed by atoms with Crippen molar-refractivity contribution < 1.29 is 4.42 Å². The minimum Gasteiger partial charge on any atom is -0.467 e. The Morgan fingerprint density at radius 3 is 2.94 bits per heavy atom. The normalized spacial score (nSPS) is 15.6. The molecule has 0 bridgehead atoms. The van der Waals surface area contributed by atoms with Gasteiger partial charge >= 0.3 is 0 Å². The largest absolute Gasteiger partial charge is 0.467 e. The van der Waals surface area contributed by atoms with Crippen LogP contribution >= 0.6 is 12.2 Å². The molecule has 0 unspecified atom stereocenters. The van der Waals surface area contributed by atoms with Crippen molar-refractivity contribution in [2.24, 2.45) is 0 Å².